The monoisotopic (exact) mass is 470 g/mol. The molecule has 0 saturated carbocycles. The summed E-state index contributed by atoms with van der Waals surface area (Å²) in [5.41, 5.74) is 0.279. The van der Waals surface area contributed by atoms with Crippen LogP contribution in [0.3, 0.4) is 0 Å². The third-order valence-corrected chi connectivity index (χ3v) is 5.07. The van der Waals surface area contributed by atoms with Gasteiger partial charge in [-0.25, -0.2) is 9.78 Å². The van der Waals surface area contributed by atoms with Crippen LogP contribution in [0.25, 0.3) is 0 Å². The van der Waals surface area contributed by atoms with Gasteiger partial charge in [0.15, 0.2) is 0 Å². The fraction of sp³-hybridized carbons (Fsp3) is 0.429. The summed E-state index contributed by atoms with van der Waals surface area (Å²) in [6.45, 7) is 6.95. The van der Waals surface area contributed by atoms with Crippen molar-refractivity contribution in [2.75, 3.05) is 18.0 Å². The highest BCUT2D eigenvalue weighted by atomic mass is 79.9. The Bertz CT molecular complexity index is 940. The van der Waals surface area contributed by atoms with Gasteiger partial charge >= 0.3 is 6.09 Å². The van der Waals surface area contributed by atoms with Gasteiger partial charge in [-0.2, -0.15) is 0 Å². The summed E-state index contributed by atoms with van der Waals surface area (Å²) in [4.78, 5) is 35.5. The van der Waals surface area contributed by atoms with Crippen LogP contribution >= 0.6 is 15.9 Å². The Kier molecular flexibility index (Phi) is 6.80. The van der Waals surface area contributed by atoms with E-state index >= 15 is 0 Å². The molecule has 2 aromatic rings. The highest BCUT2D eigenvalue weighted by molar-refractivity contribution is 9.10. The molecule has 1 amide bonds. The van der Waals surface area contributed by atoms with E-state index < -0.39 is 11.7 Å². The molecule has 1 fully saturated rings. The summed E-state index contributed by atoms with van der Waals surface area (Å²) < 4.78 is 6.00. The van der Waals surface area contributed by atoms with Gasteiger partial charge in [0.25, 0.3) is 0 Å². The maximum atomic E-state index is 12.9. The van der Waals surface area contributed by atoms with E-state index in [0.717, 1.165) is 18.7 Å². The van der Waals surface area contributed by atoms with Crippen LogP contribution in [0.1, 0.15) is 49.7 Å². The normalized spacial score (nSPS) is 15.0. The van der Waals surface area contributed by atoms with Crippen molar-refractivity contribution >= 4 is 47.1 Å². The number of nitrogens with zero attached hydrogens (tertiary/aromatic N) is 3. The van der Waals surface area contributed by atoms with E-state index in [1.807, 2.05) is 32.9 Å². The first kappa shape index (κ1) is 22.3. The molecule has 1 aliphatic heterocycles. The minimum Gasteiger partial charge on any atom is -0.444 e. The first-order valence-electron chi connectivity index (χ1n) is 9.79. The molecule has 0 unspecified atom stereocenters. The lowest BCUT2D eigenvalue weighted by atomic mass is 9.94. The summed E-state index contributed by atoms with van der Waals surface area (Å²) in [7, 11) is 5.87. The van der Waals surface area contributed by atoms with Crippen molar-refractivity contribution in [1.29, 1.82) is 0 Å². The molecule has 7 nitrogen and oxygen atoms in total. The highest BCUT2D eigenvalue weighted by Crippen LogP contribution is 2.20. The fourth-order valence-electron chi connectivity index (χ4n) is 3.22. The molecule has 1 saturated heterocycles. The minimum atomic E-state index is -0.519. The number of piperidine rings is 1. The molecule has 0 aromatic carbocycles. The Morgan fingerprint density at radius 2 is 1.97 bits per heavy atom. The van der Waals surface area contributed by atoms with Gasteiger partial charge in [0.05, 0.1) is 0 Å². The Morgan fingerprint density at radius 1 is 1.27 bits per heavy atom. The number of alkyl carbamates (subject to hydrolysis) is 1. The Labute approximate surface area is 186 Å². The third kappa shape index (κ3) is 5.81. The molecule has 0 bridgehead atoms. The Balaban J connectivity index is 1.64. The summed E-state index contributed by atoms with van der Waals surface area (Å²) in [6, 6.07) is 7.05. The Hall–Kier alpha value is -2.42. The zero-order chi connectivity index (χ0) is 21.9. The van der Waals surface area contributed by atoms with Gasteiger partial charge < -0.3 is 15.0 Å². The Morgan fingerprint density at radius 3 is 2.63 bits per heavy atom. The van der Waals surface area contributed by atoms with Crippen LogP contribution < -0.4 is 15.8 Å². The molecule has 1 aliphatic rings. The van der Waals surface area contributed by atoms with Crippen LogP contribution in [-0.2, 0) is 4.74 Å². The van der Waals surface area contributed by atoms with Crippen LogP contribution in [0.5, 0.6) is 0 Å². The van der Waals surface area contributed by atoms with Gasteiger partial charge in [-0.1, -0.05) is 6.07 Å². The van der Waals surface area contributed by atoms with E-state index in [4.69, 9.17) is 12.6 Å². The maximum Gasteiger partial charge on any atom is 0.407 e. The van der Waals surface area contributed by atoms with Crippen LogP contribution in [0.2, 0.25) is 0 Å². The van der Waals surface area contributed by atoms with Crippen molar-refractivity contribution in [2.24, 2.45) is 0 Å². The van der Waals surface area contributed by atoms with E-state index in [-0.39, 0.29) is 17.4 Å². The fourth-order valence-corrected chi connectivity index (χ4v) is 3.55. The SMILES string of the molecule is [B]c1ncc(Br)cc1C(=O)c1cccc(N2CCC(NC(=O)OC(C)(C)C)CC2)n1. The number of ether oxygens (including phenoxy) is 1. The maximum absolute atomic E-state index is 12.9. The molecule has 0 spiro atoms. The van der Waals surface area contributed by atoms with Crippen LogP contribution in [-0.4, -0.2) is 54.4 Å². The molecule has 0 aliphatic carbocycles. The number of nitrogens with one attached hydrogen (secondary N) is 1. The highest BCUT2D eigenvalue weighted by Gasteiger charge is 2.25. The standard InChI is InChI=1S/C21H24BBrN4O3/c1-21(2,3)30-20(29)25-14-7-9-27(10-8-14)17-6-4-5-16(26-17)18(28)15-11-13(23)12-24-19(15)22/h4-6,11-12,14H,7-10H2,1-3H3,(H,25,29). The third-order valence-electron chi connectivity index (χ3n) is 4.64. The van der Waals surface area contributed by atoms with Crippen LogP contribution in [0, 0.1) is 0 Å². The zero-order valence-electron chi connectivity index (χ0n) is 17.3. The first-order valence-corrected chi connectivity index (χ1v) is 10.6. The smallest absolute Gasteiger partial charge is 0.407 e. The average molecular weight is 471 g/mol. The molecule has 3 rings (SSSR count). The molecular weight excluding hydrogens is 447 g/mol. The van der Waals surface area contributed by atoms with Crippen molar-refractivity contribution in [1.82, 2.24) is 15.3 Å². The second-order valence-electron chi connectivity index (χ2n) is 8.20. The van der Waals surface area contributed by atoms with E-state index in [2.05, 4.69) is 36.1 Å². The predicted octanol–water partition coefficient (Wildman–Crippen LogP) is 2.76. The summed E-state index contributed by atoms with van der Waals surface area (Å²) in [6.07, 6.45) is 2.68. The number of hydrogen-bond donors (Lipinski definition) is 1. The van der Waals surface area contributed by atoms with Gasteiger partial charge in [0, 0.05) is 35.4 Å². The lowest BCUT2D eigenvalue weighted by Gasteiger charge is -2.33. The minimum absolute atomic E-state index is 0.0495. The zero-order valence-corrected chi connectivity index (χ0v) is 18.9. The van der Waals surface area contributed by atoms with E-state index in [1.54, 1.807) is 18.3 Å². The first-order chi connectivity index (χ1) is 14.1. The lowest BCUT2D eigenvalue weighted by Crippen LogP contribution is -2.46. The number of carbonyl (C=O) groups excluding carboxylic acids is 2. The number of amides is 1. The summed E-state index contributed by atoms with van der Waals surface area (Å²) in [5, 5.41) is 2.92. The number of anilines is 1. The van der Waals surface area contributed by atoms with E-state index in [1.165, 1.54) is 0 Å². The summed E-state index contributed by atoms with van der Waals surface area (Å²) in [5.74, 6) is 0.447. The number of pyridine rings is 2. The number of aromatic nitrogens is 2. The topological polar surface area (TPSA) is 84.4 Å². The average Bonchev–Trinajstić information content (AvgIpc) is 2.68. The number of ketones is 1. The second kappa shape index (κ2) is 9.16. The number of halogens is 1. The van der Waals surface area contributed by atoms with E-state index in [0.29, 0.717) is 28.8 Å². The molecular formula is C21H24BBrN4O3. The largest absolute Gasteiger partial charge is 0.444 e. The van der Waals surface area contributed by atoms with Crippen molar-refractivity contribution in [3.8, 4) is 0 Å². The number of hydrogen-bond acceptors (Lipinski definition) is 6. The lowest BCUT2D eigenvalue weighted by molar-refractivity contribution is 0.0497. The number of rotatable bonds is 4. The molecule has 30 heavy (non-hydrogen) atoms. The van der Waals surface area contributed by atoms with Crippen molar-refractivity contribution in [2.45, 2.75) is 45.3 Å². The molecule has 2 radical (unpaired) electrons. The summed E-state index contributed by atoms with van der Waals surface area (Å²) >= 11 is 3.31. The second-order valence-corrected chi connectivity index (χ2v) is 9.12. The van der Waals surface area contributed by atoms with Crippen molar-refractivity contribution in [3.63, 3.8) is 0 Å². The van der Waals surface area contributed by atoms with Crippen LogP contribution in [0.4, 0.5) is 10.6 Å². The van der Waals surface area contributed by atoms with Gasteiger partial charge in [0.1, 0.15) is 25.0 Å². The molecule has 3 heterocycles. The van der Waals surface area contributed by atoms with Crippen LogP contribution in [0.15, 0.2) is 34.9 Å². The number of carbonyl (C=O) groups is 2. The quantitative estimate of drug-likeness (QED) is 0.546. The predicted molar refractivity (Wildman–Crippen MR) is 120 cm³/mol. The van der Waals surface area contributed by atoms with Gasteiger partial charge in [0.2, 0.25) is 5.78 Å². The molecule has 1 N–H and O–H groups in total. The van der Waals surface area contributed by atoms with Crippen molar-refractivity contribution in [3.05, 3.63) is 46.2 Å². The molecule has 9 heteroatoms. The molecule has 2 aromatic heterocycles. The van der Waals surface area contributed by atoms with Gasteiger partial charge in [-0.05, 0) is 73.3 Å². The molecule has 0 atom stereocenters. The van der Waals surface area contributed by atoms with Gasteiger partial charge in [-0.15, -0.1) is 0 Å². The van der Waals surface area contributed by atoms with E-state index in [9.17, 15) is 9.59 Å². The van der Waals surface area contributed by atoms with Gasteiger partial charge in [-0.3, -0.25) is 9.78 Å². The molecule has 156 valence electrons. The van der Waals surface area contributed by atoms with Crippen molar-refractivity contribution < 1.29 is 14.3 Å².